The molecule has 1 amide bonds. The predicted octanol–water partition coefficient (Wildman–Crippen LogP) is 2.94. The average molecular weight is 311 g/mol. The highest BCUT2D eigenvalue weighted by Crippen LogP contribution is 2.23. The van der Waals surface area contributed by atoms with Gasteiger partial charge in [-0.3, -0.25) is 4.79 Å². The van der Waals surface area contributed by atoms with Gasteiger partial charge in [0.25, 0.3) is 5.91 Å². The maximum atomic E-state index is 12.6. The van der Waals surface area contributed by atoms with Crippen LogP contribution in [0.3, 0.4) is 0 Å². The molecule has 114 valence electrons. The van der Waals surface area contributed by atoms with Gasteiger partial charge in [0.1, 0.15) is 11.2 Å². The van der Waals surface area contributed by atoms with Gasteiger partial charge in [-0.25, -0.2) is 9.78 Å². The minimum absolute atomic E-state index is 0.145. The lowest BCUT2D eigenvalue weighted by molar-refractivity contribution is -0.143. The fraction of sp³-hybridized carbons (Fsp3) is 0.533. The summed E-state index contributed by atoms with van der Waals surface area (Å²) in [6, 6.07) is 2.45. The zero-order valence-corrected chi connectivity index (χ0v) is 12.9. The first kappa shape index (κ1) is 15.8. The number of carboxylic acid groups (broad SMARTS) is 1. The van der Waals surface area contributed by atoms with Crippen LogP contribution in [0, 0.1) is 0 Å². The Morgan fingerprint density at radius 2 is 2.10 bits per heavy atom. The third kappa shape index (κ3) is 3.53. The summed E-state index contributed by atoms with van der Waals surface area (Å²) in [6.45, 7) is 4.40. The number of piperidine rings is 1. The molecule has 21 heavy (non-hydrogen) atoms. The zero-order valence-electron chi connectivity index (χ0n) is 12.2. The molecule has 1 fully saturated rings. The second-order valence-corrected chi connectivity index (χ2v) is 5.99. The van der Waals surface area contributed by atoms with Gasteiger partial charge in [-0.2, -0.15) is 0 Å². The molecule has 2 rings (SSSR count). The molecule has 0 saturated carbocycles. The lowest BCUT2D eigenvalue weighted by atomic mass is 10.0. The van der Waals surface area contributed by atoms with E-state index in [1.165, 1.54) is 11.0 Å². The molecule has 0 radical (unpaired) electrons. The Morgan fingerprint density at radius 3 is 2.71 bits per heavy atom. The summed E-state index contributed by atoms with van der Waals surface area (Å²) in [4.78, 5) is 29.6. The van der Waals surface area contributed by atoms with Crippen LogP contribution in [0.4, 0.5) is 0 Å². The molecule has 2 heterocycles. The largest absolute Gasteiger partial charge is 0.480 e. The van der Waals surface area contributed by atoms with Gasteiger partial charge in [0, 0.05) is 17.8 Å². The normalized spacial score (nSPS) is 18.9. The van der Waals surface area contributed by atoms with Crippen molar-refractivity contribution in [1.82, 2.24) is 9.88 Å². The van der Waals surface area contributed by atoms with Gasteiger partial charge in [0.15, 0.2) is 0 Å². The van der Waals surface area contributed by atoms with E-state index >= 15 is 0 Å². The van der Waals surface area contributed by atoms with Crippen molar-refractivity contribution in [2.75, 3.05) is 6.54 Å². The van der Waals surface area contributed by atoms with Crippen LogP contribution in [0.15, 0.2) is 12.1 Å². The minimum Gasteiger partial charge on any atom is -0.480 e. The third-order valence-corrected chi connectivity index (χ3v) is 3.89. The quantitative estimate of drug-likeness (QED) is 0.871. The van der Waals surface area contributed by atoms with Crippen LogP contribution >= 0.6 is 11.6 Å². The molecule has 0 spiro atoms. The standard InChI is InChI=1S/C15H19ClN2O3/c1-9(2)11-7-10(8-13(16)17-11)14(19)18-6-4-3-5-12(18)15(20)21/h7-9,12H,3-6H2,1-2H3,(H,20,21). The molecule has 1 aromatic heterocycles. The molecule has 1 unspecified atom stereocenters. The molecule has 0 aromatic carbocycles. The van der Waals surface area contributed by atoms with Gasteiger partial charge >= 0.3 is 5.97 Å². The van der Waals surface area contributed by atoms with E-state index in [2.05, 4.69) is 4.98 Å². The van der Waals surface area contributed by atoms with E-state index in [1.807, 2.05) is 13.8 Å². The minimum atomic E-state index is -0.952. The second-order valence-electron chi connectivity index (χ2n) is 5.61. The van der Waals surface area contributed by atoms with Crippen LogP contribution in [0.5, 0.6) is 0 Å². The number of hydrogen-bond donors (Lipinski definition) is 1. The first-order valence-electron chi connectivity index (χ1n) is 7.11. The van der Waals surface area contributed by atoms with Crippen molar-refractivity contribution in [2.45, 2.75) is 45.1 Å². The van der Waals surface area contributed by atoms with Gasteiger partial charge in [0.05, 0.1) is 0 Å². The zero-order chi connectivity index (χ0) is 15.6. The van der Waals surface area contributed by atoms with E-state index in [-0.39, 0.29) is 17.0 Å². The number of aromatic nitrogens is 1. The number of carboxylic acids is 1. The average Bonchev–Trinajstić information content (AvgIpc) is 2.45. The van der Waals surface area contributed by atoms with Crippen molar-refractivity contribution in [3.8, 4) is 0 Å². The Hall–Kier alpha value is -1.62. The van der Waals surface area contributed by atoms with Gasteiger partial charge in [-0.1, -0.05) is 25.4 Å². The summed E-state index contributed by atoms with van der Waals surface area (Å²) in [7, 11) is 0. The Morgan fingerprint density at radius 1 is 1.38 bits per heavy atom. The fourth-order valence-electron chi connectivity index (χ4n) is 2.53. The summed E-state index contributed by atoms with van der Waals surface area (Å²) in [5, 5.41) is 9.53. The van der Waals surface area contributed by atoms with E-state index < -0.39 is 12.0 Å². The van der Waals surface area contributed by atoms with Crippen LogP contribution in [0.2, 0.25) is 5.15 Å². The number of amides is 1. The van der Waals surface area contributed by atoms with Crippen molar-refractivity contribution >= 4 is 23.5 Å². The van der Waals surface area contributed by atoms with Gasteiger partial charge in [-0.15, -0.1) is 0 Å². The van der Waals surface area contributed by atoms with Crippen LogP contribution < -0.4 is 0 Å². The fourth-order valence-corrected chi connectivity index (χ4v) is 2.75. The molecule has 0 aliphatic carbocycles. The second kappa shape index (κ2) is 6.43. The van der Waals surface area contributed by atoms with Crippen LogP contribution in [0.1, 0.15) is 55.1 Å². The maximum absolute atomic E-state index is 12.6. The van der Waals surface area contributed by atoms with Gasteiger partial charge < -0.3 is 10.0 Å². The molecular formula is C15H19ClN2O3. The SMILES string of the molecule is CC(C)c1cc(C(=O)N2CCCCC2C(=O)O)cc(Cl)n1. The van der Waals surface area contributed by atoms with Gasteiger partial charge in [0.2, 0.25) is 0 Å². The predicted molar refractivity (Wildman–Crippen MR) is 79.6 cm³/mol. The Bertz CT molecular complexity index is 560. The summed E-state index contributed by atoms with van der Waals surface area (Å²) >= 11 is 5.98. The van der Waals surface area contributed by atoms with Gasteiger partial charge in [-0.05, 0) is 37.3 Å². The molecule has 1 atom stereocenters. The highest BCUT2D eigenvalue weighted by atomic mass is 35.5. The number of halogens is 1. The summed E-state index contributed by atoms with van der Waals surface area (Å²) in [5.74, 6) is -1.09. The van der Waals surface area contributed by atoms with Crippen molar-refractivity contribution in [1.29, 1.82) is 0 Å². The number of aliphatic carboxylic acids is 1. The number of rotatable bonds is 3. The highest BCUT2D eigenvalue weighted by Gasteiger charge is 2.32. The Labute approximate surface area is 128 Å². The molecular weight excluding hydrogens is 292 g/mol. The number of carbonyl (C=O) groups is 2. The molecule has 1 aromatic rings. The third-order valence-electron chi connectivity index (χ3n) is 3.70. The van der Waals surface area contributed by atoms with Crippen molar-refractivity contribution in [3.05, 3.63) is 28.5 Å². The lowest BCUT2D eigenvalue weighted by Crippen LogP contribution is -2.48. The molecule has 1 aliphatic heterocycles. The van der Waals surface area contributed by atoms with Crippen LogP contribution in [0.25, 0.3) is 0 Å². The van der Waals surface area contributed by atoms with Crippen LogP contribution in [-0.4, -0.2) is 39.5 Å². The number of hydrogen-bond acceptors (Lipinski definition) is 3. The number of nitrogens with zero attached hydrogens (tertiary/aromatic N) is 2. The number of carbonyl (C=O) groups excluding carboxylic acids is 1. The Balaban J connectivity index is 2.32. The molecule has 6 heteroatoms. The summed E-state index contributed by atoms with van der Waals surface area (Å²) in [6.07, 6.45) is 2.15. The van der Waals surface area contributed by atoms with E-state index in [4.69, 9.17) is 11.6 Å². The van der Waals surface area contributed by atoms with E-state index in [1.54, 1.807) is 6.07 Å². The first-order chi connectivity index (χ1) is 9.90. The van der Waals surface area contributed by atoms with Crippen molar-refractivity contribution < 1.29 is 14.7 Å². The highest BCUT2D eigenvalue weighted by molar-refractivity contribution is 6.29. The monoisotopic (exact) mass is 310 g/mol. The first-order valence-corrected chi connectivity index (χ1v) is 7.49. The molecule has 0 bridgehead atoms. The van der Waals surface area contributed by atoms with E-state index in [0.29, 0.717) is 18.5 Å². The van der Waals surface area contributed by atoms with Crippen molar-refractivity contribution in [3.63, 3.8) is 0 Å². The topological polar surface area (TPSA) is 70.5 Å². The molecule has 5 nitrogen and oxygen atoms in total. The van der Waals surface area contributed by atoms with Crippen LogP contribution in [-0.2, 0) is 4.79 Å². The number of pyridine rings is 1. The van der Waals surface area contributed by atoms with E-state index in [0.717, 1.165) is 18.5 Å². The molecule has 1 saturated heterocycles. The summed E-state index contributed by atoms with van der Waals surface area (Å²) in [5.41, 5.74) is 1.14. The smallest absolute Gasteiger partial charge is 0.326 e. The molecule has 1 aliphatic rings. The molecule has 1 N–H and O–H groups in total. The summed E-state index contributed by atoms with van der Waals surface area (Å²) < 4.78 is 0. The number of likely N-dealkylation sites (tertiary alicyclic amines) is 1. The van der Waals surface area contributed by atoms with Crippen molar-refractivity contribution in [2.24, 2.45) is 0 Å². The Kier molecular flexibility index (Phi) is 4.83. The van der Waals surface area contributed by atoms with E-state index in [9.17, 15) is 14.7 Å². The lowest BCUT2D eigenvalue weighted by Gasteiger charge is -2.33. The maximum Gasteiger partial charge on any atom is 0.326 e.